The largest absolute Gasteiger partial charge is 0.478 e. The average molecular weight is 181 g/mol. The van der Waals surface area contributed by atoms with Crippen molar-refractivity contribution < 1.29 is 9.90 Å². The van der Waals surface area contributed by atoms with Crippen molar-refractivity contribution in [3.05, 3.63) is 11.6 Å². The summed E-state index contributed by atoms with van der Waals surface area (Å²) in [6.07, 6.45) is 7.94. The molecule has 0 aromatic heterocycles. The van der Waals surface area contributed by atoms with E-state index < -0.39 is 5.97 Å². The van der Waals surface area contributed by atoms with E-state index in [1.165, 1.54) is 0 Å². The molecule has 0 unspecified atom stereocenters. The smallest absolute Gasteiger partial charge is 0.331 e. The highest BCUT2D eigenvalue weighted by Gasteiger charge is 2.01. The second kappa shape index (κ2) is 7.38. The highest BCUT2D eigenvalue weighted by Crippen LogP contribution is 1.98. The van der Waals surface area contributed by atoms with E-state index in [-0.39, 0.29) is 0 Å². The van der Waals surface area contributed by atoms with Gasteiger partial charge in [-0.1, -0.05) is 13.0 Å². The van der Waals surface area contributed by atoms with Gasteiger partial charge in [0.2, 0.25) is 0 Å². The normalized spacial score (nSPS) is 10.9. The second-order valence-electron chi connectivity index (χ2n) is 2.55. The standard InChI is InChI=1S/C10H15NO2/c1-3-5-7-11-8-6-9(4-2)10(12)13/h1,6,11H,4-5,7-8H2,2H3,(H,12,13). The summed E-state index contributed by atoms with van der Waals surface area (Å²) >= 11 is 0. The molecule has 3 heteroatoms. The molecule has 3 nitrogen and oxygen atoms in total. The van der Waals surface area contributed by atoms with E-state index in [4.69, 9.17) is 11.5 Å². The Hall–Kier alpha value is -1.27. The zero-order valence-electron chi connectivity index (χ0n) is 7.84. The number of terminal acetylenes is 1. The molecule has 72 valence electrons. The maximum Gasteiger partial charge on any atom is 0.331 e. The van der Waals surface area contributed by atoms with E-state index in [0.717, 1.165) is 6.54 Å². The van der Waals surface area contributed by atoms with E-state index in [1.807, 2.05) is 6.92 Å². The molecular weight excluding hydrogens is 166 g/mol. The second-order valence-corrected chi connectivity index (χ2v) is 2.55. The minimum Gasteiger partial charge on any atom is -0.478 e. The van der Waals surface area contributed by atoms with Gasteiger partial charge in [-0.05, 0) is 6.42 Å². The molecule has 0 radical (unpaired) electrons. The molecular formula is C10H15NO2. The van der Waals surface area contributed by atoms with Gasteiger partial charge in [0, 0.05) is 25.1 Å². The van der Waals surface area contributed by atoms with E-state index in [1.54, 1.807) is 6.08 Å². The van der Waals surface area contributed by atoms with Crippen LogP contribution in [0.1, 0.15) is 19.8 Å². The number of carboxylic acid groups (broad SMARTS) is 1. The van der Waals surface area contributed by atoms with Gasteiger partial charge in [0.1, 0.15) is 0 Å². The molecule has 0 atom stereocenters. The van der Waals surface area contributed by atoms with Crippen LogP contribution in [0.2, 0.25) is 0 Å². The summed E-state index contributed by atoms with van der Waals surface area (Å²) in [5.74, 6) is 1.65. The molecule has 0 aliphatic carbocycles. The van der Waals surface area contributed by atoms with Gasteiger partial charge in [-0.25, -0.2) is 4.79 Å². The van der Waals surface area contributed by atoms with E-state index in [0.29, 0.717) is 25.0 Å². The Labute approximate surface area is 78.8 Å². The van der Waals surface area contributed by atoms with Crippen molar-refractivity contribution in [1.82, 2.24) is 5.32 Å². The number of hydrogen-bond donors (Lipinski definition) is 2. The minimum atomic E-state index is -0.846. The molecule has 0 amide bonds. The van der Waals surface area contributed by atoms with Gasteiger partial charge < -0.3 is 10.4 Å². The Bertz CT molecular complexity index is 226. The van der Waals surface area contributed by atoms with E-state index in [9.17, 15) is 4.79 Å². The predicted molar refractivity (Wildman–Crippen MR) is 52.3 cm³/mol. The summed E-state index contributed by atoms with van der Waals surface area (Å²) in [7, 11) is 0. The van der Waals surface area contributed by atoms with Crippen LogP contribution in [0.4, 0.5) is 0 Å². The van der Waals surface area contributed by atoms with Gasteiger partial charge >= 0.3 is 5.97 Å². The lowest BCUT2D eigenvalue weighted by atomic mass is 10.2. The van der Waals surface area contributed by atoms with Gasteiger partial charge in [0.15, 0.2) is 0 Å². The van der Waals surface area contributed by atoms with Crippen molar-refractivity contribution in [2.24, 2.45) is 0 Å². The highest BCUT2D eigenvalue weighted by molar-refractivity contribution is 5.86. The minimum absolute atomic E-state index is 0.438. The quantitative estimate of drug-likeness (QED) is 0.365. The molecule has 0 aromatic carbocycles. The maximum absolute atomic E-state index is 10.5. The lowest BCUT2D eigenvalue weighted by Crippen LogP contribution is -2.15. The van der Waals surface area contributed by atoms with Crippen molar-refractivity contribution in [1.29, 1.82) is 0 Å². The van der Waals surface area contributed by atoms with Crippen LogP contribution in [-0.4, -0.2) is 24.2 Å². The fourth-order valence-corrected chi connectivity index (χ4v) is 0.841. The van der Waals surface area contributed by atoms with Crippen LogP contribution in [0.3, 0.4) is 0 Å². The number of rotatable bonds is 6. The molecule has 0 aromatic rings. The maximum atomic E-state index is 10.5. The van der Waals surface area contributed by atoms with Crippen LogP contribution in [0, 0.1) is 12.3 Å². The summed E-state index contributed by atoms with van der Waals surface area (Å²) in [5.41, 5.74) is 0.438. The molecule has 2 N–H and O–H groups in total. The van der Waals surface area contributed by atoms with Crippen LogP contribution >= 0.6 is 0 Å². The number of hydrogen-bond acceptors (Lipinski definition) is 2. The molecule has 0 fully saturated rings. The van der Waals surface area contributed by atoms with Gasteiger partial charge in [-0.2, -0.15) is 0 Å². The van der Waals surface area contributed by atoms with Crippen LogP contribution < -0.4 is 5.32 Å². The molecule has 0 spiro atoms. The third-order valence-corrected chi connectivity index (χ3v) is 1.59. The molecule has 0 aliphatic heterocycles. The number of carboxylic acids is 1. The van der Waals surface area contributed by atoms with Crippen LogP contribution in [0.25, 0.3) is 0 Å². The molecule has 13 heavy (non-hydrogen) atoms. The average Bonchev–Trinajstić information content (AvgIpc) is 2.10. The Morgan fingerprint density at radius 2 is 2.38 bits per heavy atom. The van der Waals surface area contributed by atoms with Gasteiger partial charge in [0.05, 0.1) is 0 Å². The lowest BCUT2D eigenvalue weighted by Gasteiger charge is -1.99. The molecule has 0 saturated heterocycles. The van der Waals surface area contributed by atoms with Crippen molar-refractivity contribution in [3.63, 3.8) is 0 Å². The third-order valence-electron chi connectivity index (χ3n) is 1.59. The third kappa shape index (κ3) is 5.94. The molecule has 0 heterocycles. The number of nitrogens with one attached hydrogen (secondary N) is 1. The van der Waals surface area contributed by atoms with Crippen LogP contribution in [-0.2, 0) is 4.79 Å². The Morgan fingerprint density at radius 3 is 2.85 bits per heavy atom. The van der Waals surface area contributed by atoms with Crippen molar-refractivity contribution in [2.45, 2.75) is 19.8 Å². The van der Waals surface area contributed by atoms with Crippen LogP contribution in [0.15, 0.2) is 11.6 Å². The molecule has 0 rings (SSSR count). The first-order chi connectivity index (χ1) is 6.22. The Morgan fingerprint density at radius 1 is 1.69 bits per heavy atom. The van der Waals surface area contributed by atoms with Gasteiger partial charge in [0.25, 0.3) is 0 Å². The molecule has 0 aliphatic rings. The first-order valence-electron chi connectivity index (χ1n) is 4.28. The Balaban J connectivity index is 3.69. The summed E-state index contributed by atoms with van der Waals surface area (Å²) in [6.45, 7) is 3.11. The van der Waals surface area contributed by atoms with Crippen molar-refractivity contribution in [2.75, 3.05) is 13.1 Å². The summed E-state index contributed by atoms with van der Waals surface area (Å²) < 4.78 is 0. The van der Waals surface area contributed by atoms with Crippen molar-refractivity contribution in [3.8, 4) is 12.3 Å². The molecule has 0 saturated carbocycles. The first kappa shape index (κ1) is 11.7. The summed E-state index contributed by atoms with van der Waals surface area (Å²) in [6, 6.07) is 0. The van der Waals surface area contributed by atoms with Crippen LogP contribution in [0.5, 0.6) is 0 Å². The van der Waals surface area contributed by atoms with Crippen molar-refractivity contribution >= 4 is 5.97 Å². The summed E-state index contributed by atoms with van der Waals surface area (Å²) in [5, 5.41) is 11.7. The van der Waals surface area contributed by atoms with E-state index in [2.05, 4.69) is 11.2 Å². The first-order valence-corrected chi connectivity index (χ1v) is 4.28. The number of carbonyl (C=O) groups is 1. The van der Waals surface area contributed by atoms with Gasteiger partial charge in [-0.15, -0.1) is 12.3 Å². The SMILES string of the molecule is C#CCCNCC=C(CC)C(=O)O. The summed E-state index contributed by atoms with van der Waals surface area (Å²) in [4.78, 5) is 10.5. The highest BCUT2D eigenvalue weighted by atomic mass is 16.4. The lowest BCUT2D eigenvalue weighted by molar-refractivity contribution is -0.132. The van der Waals surface area contributed by atoms with E-state index >= 15 is 0 Å². The fourth-order valence-electron chi connectivity index (χ4n) is 0.841. The van der Waals surface area contributed by atoms with Gasteiger partial charge in [-0.3, -0.25) is 0 Å². The zero-order chi connectivity index (χ0) is 10.1. The molecule has 0 bridgehead atoms. The zero-order valence-corrected chi connectivity index (χ0v) is 7.84. The Kier molecular flexibility index (Phi) is 6.66. The number of aliphatic carboxylic acids is 1. The fraction of sp³-hybridized carbons (Fsp3) is 0.500. The predicted octanol–water partition coefficient (Wildman–Crippen LogP) is 1.02. The topological polar surface area (TPSA) is 49.3 Å². The monoisotopic (exact) mass is 181 g/mol.